The Morgan fingerprint density at radius 3 is 2.10 bits per heavy atom. The van der Waals surface area contributed by atoms with Gasteiger partial charge in [0.25, 0.3) is 0 Å². The van der Waals surface area contributed by atoms with Gasteiger partial charge in [-0.3, -0.25) is 0 Å². The molecule has 2 heterocycles. The van der Waals surface area contributed by atoms with Crippen LogP contribution in [0.1, 0.15) is 12.8 Å². The molecule has 1 atom stereocenters. The molecule has 0 spiro atoms. The third-order valence-corrected chi connectivity index (χ3v) is 4.98. The van der Waals surface area contributed by atoms with Crippen LogP contribution in [0.5, 0.6) is 34.9 Å². The van der Waals surface area contributed by atoms with Gasteiger partial charge in [0.1, 0.15) is 28.7 Å². The number of ether oxygens (including phenoxy) is 4. The van der Waals surface area contributed by atoms with Crippen LogP contribution in [0.4, 0.5) is 5.69 Å². The first kappa shape index (κ1) is 20.7. The maximum absolute atomic E-state index is 6.05. The first-order valence-corrected chi connectivity index (χ1v) is 10.2. The normalized spacial score (nSPS) is 15.4. The zero-order valence-electron chi connectivity index (χ0n) is 17.6. The first-order chi connectivity index (χ1) is 15.2. The smallest absolute Gasteiger partial charge is 0.325 e. The van der Waals surface area contributed by atoms with Crippen molar-refractivity contribution in [3.05, 3.63) is 54.7 Å². The van der Waals surface area contributed by atoms with Gasteiger partial charge in [-0.15, -0.1) is 0 Å². The highest BCUT2D eigenvalue weighted by Crippen LogP contribution is 2.31. The van der Waals surface area contributed by atoms with Gasteiger partial charge in [-0.05, 0) is 67.9 Å². The van der Waals surface area contributed by atoms with E-state index in [1.54, 1.807) is 32.5 Å². The summed E-state index contributed by atoms with van der Waals surface area (Å²) in [6, 6.07) is 15.2. The van der Waals surface area contributed by atoms with Gasteiger partial charge in [-0.25, -0.2) is 4.98 Å². The van der Waals surface area contributed by atoms with Crippen molar-refractivity contribution in [2.75, 3.05) is 32.6 Å². The Kier molecular flexibility index (Phi) is 6.68. The molecule has 0 amide bonds. The van der Waals surface area contributed by atoms with Crippen molar-refractivity contribution in [3.8, 4) is 34.9 Å². The summed E-state index contributed by atoms with van der Waals surface area (Å²) in [4.78, 5) is 8.84. The van der Waals surface area contributed by atoms with Crippen LogP contribution in [-0.2, 0) is 0 Å². The molecule has 8 heteroatoms. The van der Waals surface area contributed by atoms with Gasteiger partial charge in [-0.2, -0.15) is 4.98 Å². The number of nitrogens with one attached hydrogen (secondary N) is 2. The highest BCUT2D eigenvalue weighted by atomic mass is 16.5. The second kappa shape index (κ2) is 9.99. The van der Waals surface area contributed by atoms with Crippen LogP contribution in [-0.4, -0.2) is 43.3 Å². The van der Waals surface area contributed by atoms with Gasteiger partial charge in [0.2, 0.25) is 5.88 Å². The summed E-state index contributed by atoms with van der Waals surface area (Å²) >= 11 is 0. The van der Waals surface area contributed by atoms with Crippen molar-refractivity contribution in [1.82, 2.24) is 15.3 Å². The maximum atomic E-state index is 6.05. The molecule has 0 radical (unpaired) electrons. The Balaban J connectivity index is 1.53. The van der Waals surface area contributed by atoms with E-state index < -0.39 is 0 Å². The molecule has 1 fully saturated rings. The summed E-state index contributed by atoms with van der Waals surface area (Å²) in [6.07, 6.45) is 4.01. The lowest BCUT2D eigenvalue weighted by atomic mass is 10.2. The number of anilines is 1. The molecule has 1 saturated heterocycles. The molecule has 0 bridgehead atoms. The average Bonchev–Trinajstić information content (AvgIpc) is 3.33. The Labute approximate surface area is 181 Å². The Bertz CT molecular complexity index is 974. The van der Waals surface area contributed by atoms with Gasteiger partial charge in [0, 0.05) is 12.6 Å². The number of methoxy groups -OCH3 is 2. The van der Waals surface area contributed by atoms with Crippen LogP contribution in [0.25, 0.3) is 0 Å². The molecule has 31 heavy (non-hydrogen) atoms. The number of aromatic nitrogens is 2. The lowest BCUT2D eigenvalue weighted by molar-refractivity contribution is 0.402. The summed E-state index contributed by atoms with van der Waals surface area (Å²) in [5, 5.41) is 6.86. The molecule has 4 rings (SSSR count). The fourth-order valence-corrected chi connectivity index (χ4v) is 3.27. The number of rotatable bonds is 9. The van der Waals surface area contributed by atoms with Crippen LogP contribution in [0.2, 0.25) is 0 Å². The van der Waals surface area contributed by atoms with E-state index in [-0.39, 0.29) is 6.01 Å². The quantitative estimate of drug-likeness (QED) is 0.529. The molecule has 8 nitrogen and oxygen atoms in total. The van der Waals surface area contributed by atoms with Crippen LogP contribution >= 0.6 is 0 Å². The third kappa shape index (κ3) is 5.55. The van der Waals surface area contributed by atoms with Gasteiger partial charge in [0.05, 0.1) is 20.4 Å². The highest BCUT2D eigenvalue weighted by molar-refractivity contribution is 5.53. The van der Waals surface area contributed by atoms with E-state index in [0.717, 1.165) is 31.0 Å². The molecule has 1 aliphatic rings. The second-order valence-corrected chi connectivity index (χ2v) is 7.10. The van der Waals surface area contributed by atoms with Crippen molar-refractivity contribution in [3.63, 3.8) is 0 Å². The zero-order valence-corrected chi connectivity index (χ0v) is 17.6. The van der Waals surface area contributed by atoms with E-state index in [2.05, 4.69) is 20.6 Å². The van der Waals surface area contributed by atoms with Gasteiger partial charge >= 0.3 is 6.01 Å². The minimum Gasteiger partial charge on any atom is -0.497 e. The molecule has 0 aliphatic carbocycles. The Hall–Kier alpha value is -3.52. The fraction of sp³-hybridized carbons (Fsp3) is 0.304. The van der Waals surface area contributed by atoms with E-state index in [1.165, 1.54) is 6.42 Å². The van der Waals surface area contributed by atoms with Crippen LogP contribution in [0, 0.1) is 0 Å². The van der Waals surface area contributed by atoms with Crippen molar-refractivity contribution in [2.24, 2.45) is 0 Å². The molecule has 1 aromatic heterocycles. The standard InChI is InChI=1S/C23H26N4O4/c1-28-17-5-9-19(10-6-17)30-22-21(25-14-16-4-3-13-24-16)15-26-23(27-22)31-20-11-7-18(29-2)8-12-20/h5-12,15-16,24-25H,3-4,13-14H2,1-2H3/t16-/m0/s1. The first-order valence-electron chi connectivity index (χ1n) is 10.2. The minimum atomic E-state index is 0.193. The predicted octanol–water partition coefficient (Wildman–Crippen LogP) is 4.24. The fourth-order valence-electron chi connectivity index (χ4n) is 3.27. The molecule has 2 aromatic carbocycles. The van der Waals surface area contributed by atoms with Crippen molar-refractivity contribution in [1.29, 1.82) is 0 Å². The topological polar surface area (TPSA) is 86.8 Å². The Morgan fingerprint density at radius 2 is 1.52 bits per heavy atom. The lowest BCUT2D eigenvalue weighted by Crippen LogP contribution is -2.29. The molecular weight excluding hydrogens is 396 g/mol. The highest BCUT2D eigenvalue weighted by Gasteiger charge is 2.16. The van der Waals surface area contributed by atoms with Crippen molar-refractivity contribution >= 4 is 5.69 Å². The van der Waals surface area contributed by atoms with Gasteiger partial charge < -0.3 is 29.6 Å². The molecular formula is C23H26N4O4. The van der Waals surface area contributed by atoms with E-state index in [9.17, 15) is 0 Å². The molecule has 2 N–H and O–H groups in total. The summed E-state index contributed by atoms with van der Waals surface area (Å²) in [5.41, 5.74) is 0.701. The summed E-state index contributed by atoms with van der Waals surface area (Å²) in [5.74, 6) is 3.13. The van der Waals surface area contributed by atoms with Gasteiger partial charge in [-0.1, -0.05) is 0 Å². The molecule has 162 valence electrons. The van der Waals surface area contributed by atoms with E-state index in [0.29, 0.717) is 29.1 Å². The van der Waals surface area contributed by atoms with Crippen molar-refractivity contribution in [2.45, 2.75) is 18.9 Å². The SMILES string of the molecule is COc1ccc(Oc2ncc(NC[C@@H]3CCCN3)c(Oc3ccc(OC)cc3)n2)cc1. The van der Waals surface area contributed by atoms with Crippen LogP contribution in [0.15, 0.2) is 54.7 Å². The number of benzene rings is 2. The van der Waals surface area contributed by atoms with Crippen LogP contribution in [0.3, 0.4) is 0 Å². The second-order valence-electron chi connectivity index (χ2n) is 7.10. The maximum Gasteiger partial charge on any atom is 0.325 e. The monoisotopic (exact) mass is 422 g/mol. The van der Waals surface area contributed by atoms with E-state index >= 15 is 0 Å². The van der Waals surface area contributed by atoms with Gasteiger partial charge in [0.15, 0.2) is 0 Å². The number of hydrogen-bond donors (Lipinski definition) is 2. The predicted molar refractivity (Wildman–Crippen MR) is 118 cm³/mol. The molecule has 0 unspecified atom stereocenters. The van der Waals surface area contributed by atoms with E-state index in [1.807, 2.05) is 36.4 Å². The third-order valence-electron chi connectivity index (χ3n) is 4.98. The summed E-state index contributed by atoms with van der Waals surface area (Å²) in [6.45, 7) is 1.81. The summed E-state index contributed by atoms with van der Waals surface area (Å²) in [7, 11) is 3.25. The van der Waals surface area contributed by atoms with Crippen LogP contribution < -0.4 is 29.6 Å². The largest absolute Gasteiger partial charge is 0.497 e. The molecule has 0 saturated carbocycles. The molecule has 1 aliphatic heterocycles. The van der Waals surface area contributed by atoms with E-state index in [4.69, 9.17) is 18.9 Å². The molecule has 3 aromatic rings. The lowest BCUT2D eigenvalue weighted by Gasteiger charge is -2.16. The number of hydrogen-bond acceptors (Lipinski definition) is 8. The van der Waals surface area contributed by atoms with Crippen molar-refractivity contribution < 1.29 is 18.9 Å². The number of nitrogens with zero attached hydrogens (tertiary/aromatic N) is 2. The average molecular weight is 422 g/mol. The zero-order chi connectivity index (χ0) is 21.5. The minimum absolute atomic E-state index is 0.193. The summed E-state index contributed by atoms with van der Waals surface area (Å²) < 4.78 is 22.2. The Morgan fingerprint density at radius 1 is 0.903 bits per heavy atom.